The van der Waals surface area contributed by atoms with E-state index in [4.69, 9.17) is 30.3 Å². The molecule has 2 aliphatic heterocycles. The molecule has 58 heavy (non-hydrogen) atoms. The number of nitrogens with two attached hydrogens (primary N) is 1. The number of aromatic nitrogens is 3. The monoisotopic (exact) mass is 797 g/mol. The van der Waals surface area contributed by atoms with Crippen molar-refractivity contribution in [1.29, 1.82) is 0 Å². The predicted octanol–water partition coefficient (Wildman–Crippen LogP) is 8.57. The quantitative estimate of drug-likeness (QED) is 0.215. The van der Waals surface area contributed by atoms with Gasteiger partial charge in [0.25, 0.3) is 0 Å². The molecule has 1 aromatic heterocycles. The molecule has 1 unspecified atom stereocenters. The maximum Gasteiger partial charge on any atom is 0.307 e. The highest BCUT2D eigenvalue weighted by molar-refractivity contribution is 6.00. The molecule has 12 atom stereocenters. The fraction of sp³-hybridized carbons (Fsp3) is 0.750. The van der Waals surface area contributed by atoms with Crippen molar-refractivity contribution in [2.24, 2.45) is 72.8 Å². The first-order chi connectivity index (χ1) is 27.1. The van der Waals surface area contributed by atoms with Crippen LogP contribution < -0.4 is 11.1 Å². The van der Waals surface area contributed by atoms with Gasteiger partial charge in [-0.15, -0.1) is 0 Å². The Hall–Kier alpha value is -3.08. The number of nitrogens with zero attached hydrogens (tertiary/aromatic N) is 4. The van der Waals surface area contributed by atoms with Gasteiger partial charge < -0.3 is 25.6 Å². The van der Waals surface area contributed by atoms with E-state index in [-0.39, 0.29) is 50.6 Å². The van der Waals surface area contributed by atoms with Gasteiger partial charge in [-0.3, -0.25) is 9.79 Å². The van der Waals surface area contributed by atoms with Crippen LogP contribution in [0.15, 0.2) is 47.2 Å². The number of hydrogen-bond donors (Lipinski definition) is 3. The highest BCUT2D eigenvalue weighted by Crippen LogP contribution is 2.75. The molecule has 0 spiro atoms. The van der Waals surface area contributed by atoms with E-state index in [0.29, 0.717) is 37.6 Å². The van der Waals surface area contributed by atoms with Gasteiger partial charge in [0.15, 0.2) is 5.82 Å². The summed E-state index contributed by atoms with van der Waals surface area (Å²) in [6, 6.07) is 8.35. The number of carboxylic acid groups (broad SMARTS) is 1. The van der Waals surface area contributed by atoms with Crippen LogP contribution in [0.3, 0.4) is 0 Å². The molecule has 0 radical (unpaired) electrons. The summed E-state index contributed by atoms with van der Waals surface area (Å²) < 4.78 is 16.3. The lowest BCUT2D eigenvalue weighted by atomic mass is 9.34. The number of nitrogens with one attached hydrogen (secondary N) is 1. The molecule has 4 N–H and O–H groups in total. The van der Waals surface area contributed by atoms with Crippen LogP contribution in [0.2, 0.25) is 0 Å². The minimum atomic E-state index is -0.626. The minimum Gasteiger partial charge on any atom is -0.481 e. The molecule has 10 nitrogen and oxygen atoms in total. The van der Waals surface area contributed by atoms with Crippen molar-refractivity contribution < 1.29 is 19.4 Å². The Morgan fingerprint density at radius 1 is 1.07 bits per heavy atom. The number of fused-ring (bicyclic) bond motifs is 3. The standard InChI is InChI=1S/C48H72N6O4/c1-29(2)30(3)43(7)19-20-45(9)33-15-16-36-44(8)25-57-27-48(36,34(33)17-18-46(45,10)37(43)41(55)56)24-35(38(44)58-26-47(11,49)42(4,5)6)54-40(52-28-53-54)32-14-12-13-31(23-32)39-50-21-22-51-39/h12-14,17,23,28-30,33,35-38H,15-16,18-22,24-27,49H2,1-11H3,(H,50,51)(H,55,56)/t30-,33+,35-,36+,37-,38+,43-,44?,45-,46+,47+,48+/m1/s1. The molecule has 2 bridgehead atoms. The van der Waals surface area contributed by atoms with Crippen LogP contribution in [0.4, 0.5) is 0 Å². The largest absolute Gasteiger partial charge is 0.481 e. The number of rotatable bonds is 9. The zero-order valence-corrected chi connectivity index (χ0v) is 37.3. The number of carbonyl (C=O) groups is 1. The van der Waals surface area contributed by atoms with Crippen LogP contribution in [-0.4, -0.2) is 76.2 Å². The van der Waals surface area contributed by atoms with Crippen LogP contribution in [0, 0.1) is 62.1 Å². The Bertz CT molecular complexity index is 1980. The molecule has 4 fully saturated rings. The lowest BCUT2D eigenvalue weighted by molar-refractivity contribution is -0.253. The maximum absolute atomic E-state index is 13.7. The molecular weight excluding hydrogens is 725 g/mol. The first kappa shape index (κ1) is 41.6. The van der Waals surface area contributed by atoms with Crippen molar-refractivity contribution in [1.82, 2.24) is 20.1 Å². The Morgan fingerprint density at radius 2 is 1.81 bits per heavy atom. The molecule has 6 aliphatic rings. The first-order valence-electron chi connectivity index (χ1n) is 22.3. The zero-order chi connectivity index (χ0) is 41.8. The smallest absolute Gasteiger partial charge is 0.307 e. The number of carboxylic acids is 1. The highest BCUT2D eigenvalue weighted by Gasteiger charge is 2.72. The normalized spacial score (nSPS) is 40.0. The van der Waals surface area contributed by atoms with Crippen LogP contribution in [0.5, 0.6) is 0 Å². The van der Waals surface area contributed by atoms with E-state index in [2.05, 4.69) is 117 Å². The summed E-state index contributed by atoms with van der Waals surface area (Å²) >= 11 is 0. The molecule has 10 heteroatoms. The second-order valence-corrected chi connectivity index (χ2v) is 22.3. The second kappa shape index (κ2) is 14.0. The number of benzene rings is 1. The molecule has 0 amide bonds. The summed E-state index contributed by atoms with van der Waals surface area (Å²) in [6.45, 7) is 28.3. The summed E-state index contributed by atoms with van der Waals surface area (Å²) in [5.74, 6) is 1.99. The average Bonchev–Trinajstić information content (AvgIpc) is 3.87. The predicted molar refractivity (Wildman–Crippen MR) is 229 cm³/mol. The SMILES string of the molecule is CC(C)[C@@H](C)[C@@]1(C)CC[C@]2(C)[C@H]3CC[C@H]4C5(C)COC[C@@]4(C[C@@H](n4ncnc4-c4cccc(C6=NCCN6)c4)[C@@H]5OC[C@](C)(N)C(C)(C)C)C3=CC[C@@]2(C)[C@@H]1C(=O)O. The van der Waals surface area contributed by atoms with Gasteiger partial charge in [0, 0.05) is 34.0 Å². The van der Waals surface area contributed by atoms with Crippen LogP contribution in [0.1, 0.15) is 126 Å². The van der Waals surface area contributed by atoms with Gasteiger partial charge in [-0.1, -0.05) is 99.1 Å². The van der Waals surface area contributed by atoms with Gasteiger partial charge in [-0.25, -0.2) is 9.67 Å². The zero-order valence-electron chi connectivity index (χ0n) is 37.3. The number of hydrogen-bond acceptors (Lipinski definition) is 8. The van der Waals surface area contributed by atoms with Crippen molar-refractivity contribution in [2.45, 2.75) is 132 Å². The van der Waals surface area contributed by atoms with E-state index in [0.717, 1.165) is 74.4 Å². The van der Waals surface area contributed by atoms with Gasteiger partial charge in [0.1, 0.15) is 12.2 Å². The van der Waals surface area contributed by atoms with Crippen molar-refractivity contribution in [2.75, 3.05) is 32.9 Å². The fourth-order valence-corrected chi connectivity index (χ4v) is 13.7. The summed E-state index contributed by atoms with van der Waals surface area (Å²) in [6.07, 6.45) is 9.63. The molecule has 4 aliphatic carbocycles. The van der Waals surface area contributed by atoms with Crippen molar-refractivity contribution in [3.63, 3.8) is 0 Å². The summed E-state index contributed by atoms with van der Waals surface area (Å²) in [5.41, 5.74) is 8.46. The Balaban J connectivity index is 1.24. The van der Waals surface area contributed by atoms with Crippen molar-refractivity contribution in [3.05, 3.63) is 47.8 Å². The average molecular weight is 797 g/mol. The van der Waals surface area contributed by atoms with Gasteiger partial charge in [-0.2, -0.15) is 5.10 Å². The number of aliphatic carboxylic acids is 1. The lowest BCUT2D eigenvalue weighted by Gasteiger charge is -2.71. The van der Waals surface area contributed by atoms with Crippen LogP contribution in [-0.2, 0) is 14.3 Å². The van der Waals surface area contributed by atoms with E-state index in [1.165, 1.54) is 5.57 Å². The number of ether oxygens (including phenoxy) is 2. The summed E-state index contributed by atoms with van der Waals surface area (Å²) in [4.78, 5) is 23.3. The Kier molecular flexibility index (Phi) is 10.0. The molecule has 3 saturated carbocycles. The Labute approximate surface area is 347 Å². The third-order valence-electron chi connectivity index (χ3n) is 18.3. The van der Waals surface area contributed by atoms with Crippen LogP contribution in [0.25, 0.3) is 11.4 Å². The van der Waals surface area contributed by atoms with Gasteiger partial charge in [-0.05, 0) is 96.8 Å². The highest BCUT2D eigenvalue weighted by atomic mass is 16.5. The number of aliphatic imine (C=N–C) groups is 1. The van der Waals surface area contributed by atoms with E-state index in [9.17, 15) is 9.90 Å². The summed E-state index contributed by atoms with van der Waals surface area (Å²) in [5, 5.41) is 19.7. The molecular formula is C48H72N6O4. The van der Waals surface area contributed by atoms with Gasteiger partial charge in [0.05, 0.1) is 44.4 Å². The minimum absolute atomic E-state index is 0.141. The van der Waals surface area contributed by atoms with E-state index in [1.807, 2.05) is 0 Å². The first-order valence-corrected chi connectivity index (χ1v) is 22.3. The molecule has 3 heterocycles. The second-order valence-electron chi connectivity index (χ2n) is 22.3. The van der Waals surface area contributed by atoms with E-state index in [1.54, 1.807) is 6.33 Å². The summed E-state index contributed by atoms with van der Waals surface area (Å²) in [7, 11) is 0. The van der Waals surface area contributed by atoms with E-state index < -0.39 is 17.4 Å². The molecule has 1 aromatic carbocycles. The molecule has 2 aromatic rings. The molecule has 318 valence electrons. The van der Waals surface area contributed by atoms with Gasteiger partial charge >= 0.3 is 5.97 Å². The molecule has 1 saturated heterocycles. The third kappa shape index (κ3) is 5.94. The van der Waals surface area contributed by atoms with Crippen molar-refractivity contribution in [3.8, 4) is 11.4 Å². The fourth-order valence-electron chi connectivity index (χ4n) is 13.7. The molecule has 8 rings (SSSR count). The lowest BCUT2D eigenvalue weighted by Crippen LogP contribution is -2.69. The number of allylic oxidation sites excluding steroid dienone is 1. The van der Waals surface area contributed by atoms with Crippen molar-refractivity contribution >= 4 is 11.8 Å². The third-order valence-corrected chi connectivity index (χ3v) is 18.3. The number of amidine groups is 1. The van der Waals surface area contributed by atoms with E-state index >= 15 is 0 Å². The topological polar surface area (TPSA) is 137 Å². The maximum atomic E-state index is 13.7. The van der Waals surface area contributed by atoms with Crippen LogP contribution >= 0.6 is 0 Å². The van der Waals surface area contributed by atoms with Gasteiger partial charge in [0.2, 0.25) is 0 Å². The Morgan fingerprint density at radius 3 is 2.48 bits per heavy atom.